The maximum absolute atomic E-state index is 12.4. The molecule has 6 heteroatoms. The van der Waals surface area contributed by atoms with Crippen LogP contribution in [0.4, 0.5) is 5.69 Å². The van der Waals surface area contributed by atoms with E-state index in [0.717, 1.165) is 5.56 Å². The van der Waals surface area contributed by atoms with E-state index >= 15 is 0 Å². The van der Waals surface area contributed by atoms with E-state index in [2.05, 4.69) is 0 Å². The summed E-state index contributed by atoms with van der Waals surface area (Å²) in [6.45, 7) is 0.257. The average molecular weight is 317 g/mol. The Morgan fingerprint density at radius 3 is 2.50 bits per heavy atom. The van der Waals surface area contributed by atoms with Crippen molar-refractivity contribution >= 4 is 21.7 Å². The van der Waals surface area contributed by atoms with Gasteiger partial charge in [-0.05, 0) is 22.8 Å². The van der Waals surface area contributed by atoms with Gasteiger partial charge in [0.05, 0.1) is 24.4 Å². The Morgan fingerprint density at radius 1 is 1.09 bits per heavy atom. The number of hydrogen-bond donors (Lipinski definition) is 1. The summed E-state index contributed by atoms with van der Waals surface area (Å²) in [6, 6.07) is 14.4. The van der Waals surface area contributed by atoms with Gasteiger partial charge in [-0.15, -0.1) is 0 Å². The van der Waals surface area contributed by atoms with E-state index in [-0.39, 0.29) is 18.7 Å². The highest BCUT2D eigenvalue weighted by Gasteiger charge is 2.33. The Hall–Kier alpha value is -2.34. The van der Waals surface area contributed by atoms with Crippen molar-refractivity contribution in [3.05, 3.63) is 65.2 Å². The SMILES string of the molecule is O=C(O)Cc1ccc2c(c1)N(Cc1ccccc1)S(=O)(=O)C2. The standard InChI is InChI=1S/C16H15NO4S/c18-16(19)9-13-6-7-14-11-22(20,21)17(15(14)8-13)10-12-4-2-1-3-5-12/h1-8H,9-11H2,(H,18,19). The lowest BCUT2D eigenvalue weighted by Gasteiger charge is -2.19. The van der Waals surface area contributed by atoms with Gasteiger partial charge in [-0.25, -0.2) is 8.42 Å². The average Bonchev–Trinajstić information content (AvgIpc) is 2.70. The van der Waals surface area contributed by atoms with Crippen molar-refractivity contribution in [3.63, 3.8) is 0 Å². The number of sulfonamides is 1. The van der Waals surface area contributed by atoms with Gasteiger partial charge >= 0.3 is 5.97 Å². The summed E-state index contributed by atoms with van der Waals surface area (Å²) < 4.78 is 26.1. The smallest absolute Gasteiger partial charge is 0.307 e. The van der Waals surface area contributed by atoms with Crippen molar-refractivity contribution in [1.82, 2.24) is 0 Å². The largest absolute Gasteiger partial charge is 0.481 e. The highest BCUT2D eigenvalue weighted by Crippen LogP contribution is 2.35. The normalized spacial score (nSPS) is 15.5. The van der Waals surface area contributed by atoms with Crippen molar-refractivity contribution < 1.29 is 18.3 Å². The molecule has 0 bridgehead atoms. The maximum atomic E-state index is 12.4. The van der Waals surface area contributed by atoms with Crippen LogP contribution < -0.4 is 4.31 Å². The fourth-order valence-electron chi connectivity index (χ4n) is 2.61. The van der Waals surface area contributed by atoms with E-state index in [1.807, 2.05) is 30.3 Å². The van der Waals surface area contributed by atoms with Crippen molar-refractivity contribution in [2.45, 2.75) is 18.7 Å². The molecule has 3 rings (SSSR count). The first-order valence-electron chi connectivity index (χ1n) is 6.84. The highest BCUT2D eigenvalue weighted by atomic mass is 32.2. The molecule has 0 saturated carbocycles. The van der Waals surface area contributed by atoms with Crippen LogP contribution in [0.5, 0.6) is 0 Å². The molecule has 0 spiro atoms. The molecule has 22 heavy (non-hydrogen) atoms. The van der Waals surface area contributed by atoms with Gasteiger partial charge in [-0.1, -0.05) is 42.5 Å². The minimum absolute atomic E-state index is 0.0392. The summed E-state index contributed by atoms with van der Waals surface area (Å²) in [5, 5.41) is 8.89. The Labute approximate surface area is 128 Å². The van der Waals surface area contributed by atoms with Crippen molar-refractivity contribution in [2.75, 3.05) is 4.31 Å². The van der Waals surface area contributed by atoms with E-state index < -0.39 is 16.0 Å². The maximum Gasteiger partial charge on any atom is 0.307 e. The topological polar surface area (TPSA) is 74.7 Å². The first kappa shape index (κ1) is 14.6. The Bertz CT molecular complexity index is 815. The van der Waals surface area contributed by atoms with Crippen molar-refractivity contribution in [2.24, 2.45) is 0 Å². The van der Waals surface area contributed by atoms with Crippen LogP contribution in [0.3, 0.4) is 0 Å². The highest BCUT2D eigenvalue weighted by molar-refractivity contribution is 7.92. The predicted molar refractivity (Wildman–Crippen MR) is 83.0 cm³/mol. The molecule has 2 aromatic rings. The van der Waals surface area contributed by atoms with Gasteiger partial charge in [0.15, 0.2) is 0 Å². The number of fused-ring (bicyclic) bond motifs is 1. The molecule has 0 aliphatic carbocycles. The summed E-state index contributed by atoms with van der Waals surface area (Å²) >= 11 is 0. The number of carboxylic acid groups (broad SMARTS) is 1. The molecule has 0 amide bonds. The molecule has 5 nitrogen and oxygen atoms in total. The van der Waals surface area contributed by atoms with E-state index in [9.17, 15) is 13.2 Å². The third-order valence-corrected chi connectivity index (χ3v) is 5.29. The molecule has 1 aliphatic rings. The number of carbonyl (C=O) groups is 1. The molecule has 0 fully saturated rings. The lowest BCUT2D eigenvalue weighted by Crippen LogP contribution is -2.26. The van der Waals surface area contributed by atoms with Gasteiger partial charge in [0.25, 0.3) is 0 Å². The number of benzene rings is 2. The molecular formula is C16H15NO4S. The van der Waals surface area contributed by atoms with Crippen molar-refractivity contribution in [1.29, 1.82) is 0 Å². The summed E-state index contributed by atoms with van der Waals surface area (Å²) in [5.74, 6) is -0.974. The third-order valence-electron chi connectivity index (χ3n) is 3.62. The lowest BCUT2D eigenvalue weighted by atomic mass is 10.1. The molecule has 0 unspecified atom stereocenters. The van der Waals surface area contributed by atoms with Crippen molar-refractivity contribution in [3.8, 4) is 0 Å². The second-order valence-electron chi connectivity index (χ2n) is 5.28. The summed E-state index contributed by atoms with van der Waals surface area (Å²) in [4.78, 5) is 10.8. The van der Waals surface area contributed by atoms with Gasteiger partial charge in [0.1, 0.15) is 0 Å². The fraction of sp³-hybridized carbons (Fsp3) is 0.188. The van der Waals surface area contributed by atoms with E-state index in [1.54, 1.807) is 18.2 Å². The molecular weight excluding hydrogens is 302 g/mol. The van der Waals surface area contributed by atoms with Gasteiger partial charge in [-0.2, -0.15) is 0 Å². The zero-order valence-corrected chi connectivity index (χ0v) is 12.6. The molecule has 0 aromatic heterocycles. The van der Waals surface area contributed by atoms with Crippen LogP contribution in [-0.4, -0.2) is 19.5 Å². The van der Waals surface area contributed by atoms with Crippen LogP contribution in [0.1, 0.15) is 16.7 Å². The quantitative estimate of drug-likeness (QED) is 0.938. The molecule has 2 aromatic carbocycles. The number of carboxylic acids is 1. The van der Waals surface area contributed by atoms with Gasteiger partial charge in [0, 0.05) is 0 Å². The number of hydrogen-bond acceptors (Lipinski definition) is 3. The van der Waals surface area contributed by atoms with E-state index in [0.29, 0.717) is 16.8 Å². The monoisotopic (exact) mass is 317 g/mol. The molecule has 0 saturated heterocycles. The van der Waals surface area contributed by atoms with Gasteiger partial charge in [0.2, 0.25) is 10.0 Å². The Kier molecular flexibility index (Phi) is 3.62. The third kappa shape index (κ3) is 2.82. The lowest BCUT2D eigenvalue weighted by molar-refractivity contribution is -0.136. The van der Waals surface area contributed by atoms with Crippen LogP contribution in [0.15, 0.2) is 48.5 Å². The molecule has 0 atom stereocenters. The molecule has 114 valence electrons. The van der Waals surface area contributed by atoms with Crippen LogP contribution >= 0.6 is 0 Å². The molecule has 1 heterocycles. The fourth-order valence-corrected chi connectivity index (χ4v) is 4.21. The zero-order valence-electron chi connectivity index (χ0n) is 11.8. The number of anilines is 1. The molecule has 1 N–H and O–H groups in total. The zero-order chi connectivity index (χ0) is 15.7. The minimum atomic E-state index is -3.40. The van der Waals surface area contributed by atoms with Crippen LogP contribution in [-0.2, 0) is 33.5 Å². The molecule has 0 radical (unpaired) electrons. The van der Waals surface area contributed by atoms with Gasteiger partial charge < -0.3 is 5.11 Å². The van der Waals surface area contributed by atoms with Crippen LogP contribution in [0.25, 0.3) is 0 Å². The van der Waals surface area contributed by atoms with Crippen LogP contribution in [0, 0.1) is 0 Å². The Balaban J connectivity index is 1.98. The number of aliphatic carboxylic acids is 1. The minimum Gasteiger partial charge on any atom is -0.481 e. The summed E-state index contributed by atoms with van der Waals surface area (Å²) in [7, 11) is -3.40. The number of nitrogens with zero attached hydrogens (tertiary/aromatic N) is 1. The molecule has 1 aliphatic heterocycles. The number of rotatable bonds is 4. The first-order valence-corrected chi connectivity index (χ1v) is 8.44. The van der Waals surface area contributed by atoms with E-state index in [4.69, 9.17) is 5.11 Å². The van der Waals surface area contributed by atoms with E-state index in [1.165, 1.54) is 4.31 Å². The first-order chi connectivity index (χ1) is 10.5. The van der Waals surface area contributed by atoms with Gasteiger partial charge in [-0.3, -0.25) is 9.10 Å². The summed E-state index contributed by atoms with van der Waals surface area (Å²) in [6.07, 6.45) is -0.119. The Morgan fingerprint density at radius 2 is 1.82 bits per heavy atom. The summed E-state index contributed by atoms with van der Waals surface area (Å²) in [5.41, 5.74) is 2.79. The van der Waals surface area contributed by atoms with Crippen LogP contribution in [0.2, 0.25) is 0 Å². The predicted octanol–water partition coefficient (Wildman–Crippen LogP) is 2.16. The second-order valence-corrected chi connectivity index (χ2v) is 7.18. The second kappa shape index (κ2) is 5.46.